The summed E-state index contributed by atoms with van der Waals surface area (Å²) in [5, 5.41) is 19.2. The molecule has 0 aromatic carbocycles. The van der Waals surface area contributed by atoms with Crippen molar-refractivity contribution in [3.05, 3.63) is 0 Å². The number of hydrogen-bond donors (Lipinski definition) is 2. The van der Waals surface area contributed by atoms with Gasteiger partial charge in [-0.25, -0.2) is 0 Å². The van der Waals surface area contributed by atoms with Crippen molar-refractivity contribution >= 4 is 0 Å². The maximum absolute atomic E-state index is 10.0. The van der Waals surface area contributed by atoms with Crippen LogP contribution in [0.15, 0.2) is 0 Å². The predicted octanol–water partition coefficient (Wildman–Crippen LogP) is 1.95. The van der Waals surface area contributed by atoms with Crippen LogP contribution >= 0.6 is 0 Å². The maximum Gasteiger partial charge on any atom is 0.0692 e. The van der Waals surface area contributed by atoms with Gasteiger partial charge in [0.05, 0.1) is 12.2 Å². The van der Waals surface area contributed by atoms with E-state index in [0.717, 1.165) is 12.8 Å². The SMILES string of the molecule is CCCC(C)(CO)C(C)(O)CC. The molecule has 0 saturated carbocycles. The normalized spacial score (nSPS) is 21.5. The molecule has 0 aromatic heterocycles. The third-order valence-electron chi connectivity index (χ3n) is 3.14. The first-order chi connectivity index (χ1) is 5.43. The molecule has 74 valence electrons. The van der Waals surface area contributed by atoms with Gasteiger partial charge in [0.2, 0.25) is 0 Å². The van der Waals surface area contributed by atoms with Crippen LogP contribution in [0.3, 0.4) is 0 Å². The maximum atomic E-state index is 10.0. The fourth-order valence-electron chi connectivity index (χ4n) is 1.50. The van der Waals surface area contributed by atoms with Crippen LogP contribution in [0.25, 0.3) is 0 Å². The Morgan fingerprint density at radius 3 is 1.92 bits per heavy atom. The molecule has 0 heterocycles. The van der Waals surface area contributed by atoms with Crippen molar-refractivity contribution in [2.24, 2.45) is 5.41 Å². The Hall–Kier alpha value is -0.0800. The lowest BCUT2D eigenvalue weighted by Gasteiger charge is -2.41. The fourth-order valence-corrected chi connectivity index (χ4v) is 1.50. The quantitative estimate of drug-likeness (QED) is 0.668. The predicted molar refractivity (Wildman–Crippen MR) is 51.0 cm³/mol. The van der Waals surface area contributed by atoms with Crippen molar-refractivity contribution in [2.45, 2.75) is 52.6 Å². The summed E-state index contributed by atoms with van der Waals surface area (Å²) < 4.78 is 0. The highest BCUT2D eigenvalue weighted by atomic mass is 16.3. The van der Waals surface area contributed by atoms with Crippen LogP contribution in [0.1, 0.15) is 47.0 Å². The van der Waals surface area contributed by atoms with Crippen LogP contribution in [0.4, 0.5) is 0 Å². The minimum Gasteiger partial charge on any atom is -0.396 e. The lowest BCUT2D eigenvalue weighted by Crippen LogP contribution is -2.45. The third-order valence-corrected chi connectivity index (χ3v) is 3.14. The molecule has 0 radical (unpaired) electrons. The molecule has 0 saturated heterocycles. The molecule has 2 nitrogen and oxygen atoms in total. The van der Waals surface area contributed by atoms with Gasteiger partial charge in [0.15, 0.2) is 0 Å². The molecular weight excluding hydrogens is 152 g/mol. The molecule has 2 unspecified atom stereocenters. The van der Waals surface area contributed by atoms with Gasteiger partial charge >= 0.3 is 0 Å². The Morgan fingerprint density at radius 1 is 1.17 bits per heavy atom. The molecule has 0 amide bonds. The van der Waals surface area contributed by atoms with E-state index in [1.807, 2.05) is 13.8 Å². The van der Waals surface area contributed by atoms with Gasteiger partial charge < -0.3 is 10.2 Å². The minimum absolute atomic E-state index is 0.0572. The van der Waals surface area contributed by atoms with Crippen molar-refractivity contribution in [3.63, 3.8) is 0 Å². The van der Waals surface area contributed by atoms with Crippen molar-refractivity contribution in [1.82, 2.24) is 0 Å². The third kappa shape index (κ3) is 2.20. The van der Waals surface area contributed by atoms with Crippen molar-refractivity contribution in [3.8, 4) is 0 Å². The van der Waals surface area contributed by atoms with Crippen LogP contribution < -0.4 is 0 Å². The zero-order chi connectivity index (χ0) is 9.83. The van der Waals surface area contributed by atoms with E-state index < -0.39 is 5.60 Å². The monoisotopic (exact) mass is 174 g/mol. The summed E-state index contributed by atoms with van der Waals surface area (Å²) in [6, 6.07) is 0. The molecule has 2 heteroatoms. The molecule has 0 aliphatic heterocycles. The van der Waals surface area contributed by atoms with Crippen LogP contribution in [-0.2, 0) is 0 Å². The Bertz CT molecular complexity index is 132. The molecule has 0 bridgehead atoms. The number of aliphatic hydroxyl groups excluding tert-OH is 1. The Balaban J connectivity index is 4.49. The smallest absolute Gasteiger partial charge is 0.0692 e. The second-order valence-electron chi connectivity index (χ2n) is 4.10. The molecular formula is C10H22O2. The van der Waals surface area contributed by atoms with E-state index in [2.05, 4.69) is 6.92 Å². The summed E-state index contributed by atoms with van der Waals surface area (Å²) in [4.78, 5) is 0. The molecule has 12 heavy (non-hydrogen) atoms. The highest BCUT2D eigenvalue weighted by molar-refractivity contribution is 4.91. The molecule has 0 aliphatic carbocycles. The second kappa shape index (κ2) is 4.24. The lowest BCUT2D eigenvalue weighted by molar-refractivity contribution is -0.0939. The summed E-state index contributed by atoms with van der Waals surface area (Å²) in [6.07, 6.45) is 2.54. The topological polar surface area (TPSA) is 40.5 Å². The average Bonchev–Trinajstić information content (AvgIpc) is 2.04. The van der Waals surface area contributed by atoms with Crippen LogP contribution in [0.5, 0.6) is 0 Å². The van der Waals surface area contributed by atoms with E-state index >= 15 is 0 Å². The largest absolute Gasteiger partial charge is 0.396 e. The first-order valence-electron chi connectivity index (χ1n) is 4.76. The molecule has 2 N–H and O–H groups in total. The molecule has 0 rings (SSSR count). The zero-order valence-electron chi connectivity index (χ0n) is 8.72. The average molecular weight is 174 g/mol. The van der Waals surface area contributed by atoms with E-state index in [9.17, 15) is 10.2 Å². The standard InChI is InChI=1S/C10H22O2/c1-5-7-9(3,8-11)10(4,12)6-2/h11-12H,5-8H2,1-4H3. The van der Waals surface area contributed by atoms with E-state index in [-0.39, 0.29) is 12.0 Å². The van der Waals surface area contributed by atoms with Gasteiger partial charge in [0.1, 0.15) is 0 Å². The Morgan fingerprint density at radius 2 is 1.67 bits per heavy atom. The Labute approximate surface area is 75.6 Å². The molecule has 0 spiro atoms. The van der Waals surface area contributed by atoms with Gasteiger partial charge in [-0.15, -0.1) is 0 Å². The summed E-state index contributed by atoms with van der Waals surface area (Å²) in [5.74, 6) is 0. The summed E-state index contributed by atoms with van der Waals surface area (Å²) >= 11 is 0. The molecule has 2 atom stereocenters. The highest BCUT2D eigenvalue weighted by Gasteiger charge is 2.40. The van der Waals surface area contributed by atoms with E-state index in [0.29, 0.717) is 6.42 Å². The second-order valence-corrected chi connectivity index (χ2v) is 4.10. The molecule has 0 fully saturated rings. The fraction of sp³-hybridized carbons (Fsp3) is 1.00. The van der Waals surface area contributed by atoms with Gasteiger partial charge in [-0.1, -0.05) is 27.2 Å². The first-order valence-corrected chi connectivity index (χ1v) is 4.76. The van der Waals surface area contributed by atoms with Crippen LogP contribution in [0.2, 0.25) is 0 Å². The molecule has 0 aliphatic rings. The minimum atomic E-state index is -0.752. The summed E-state index contributed by atoms with van der Waals surface area (Å²) in [6.45, 7) is 7.82. The van der Waals surface area contributed by atoms with E-state index in [4.69, 9.17) is 0 Å². The van der Waals surface area contributed by atoms with Crippen molar-refractivity contribution in [1.29, 1.82) is 0 Å². The van der Waals surface area contributed by atoms with Crippen LogP contribution in [-0.4, -0.2) is 22.4 Å². The van der Waals surface area contributed by atoms with Crippen molar-refractivity contribution < 1.29 is 10.2 Å². The van der Waals surface area contributed by atoms with Gasteiger partial charge in [0, 0.05) is 5.41 Å². The zero-order valence-corrected chi connectivity index (χ0v) is 8.72. The number of rotatable bonds is 5. The number of hydrogen-bond acceptors (Lipinski definition) is 2. The molecule has 0 aromatic rings. The van der Waals surface area contributed by atoms with Crippen LogP contribution in [0, 0.1) is 5.41 Å². The van der Waals surface area contributed by atoms with Gasteiger partial charge in [-0.2, -0.15) is 0 Å². The van der Waals surface area contributed by atoms with Gasteiger partial charge in [-0.3, -0.25) is 0 Å². The van der Waals surface area contributed by atoms with Gasteiger partial charge in [-0.05, 0) is 19.8 Å². The summed E-state index contributed by atoms with van der Waals surface area (Å²) in [5.41, 5.74) is -1.10. The first kappa shape index (κ1) is 11.9. The van der Waals surface area contributed by atoms with Crippen molar-refractivity contribution in [2.75, 3.05) is 6.61 Å². The Kier molecular flexibility index (Phi) is 4.21. The van der Waals surface area contributed by atoms with Gasteiger partial charge in [0.25, 0.3) is 0 Å². The van der Waals surface area contributed by atoms with E-state index in [1.54, 1.807) is 6.92 Å². The summed E-state index contributed by atoms with van der Waals surface area (Å²) in [7, 11) is 0. The van der Waals surface area contributed by atoms with E-state index in [1.165, 1.54) is 0 Å². The highest BCUT2D eigenvalue weighted by Crippen LogP contribution is 2.37. The number of aliphatic hydroxyl groups is 2. The lowest BCUT2D eigenvalue weighted by atomic mass is 9.70.